The van der Waals surface area contributed by atoms with Crippen molar-refractivity contribution in [2.45, 2.75) is 19.4 Å². The highest BCUT2D eigenvalue weighted by Crippen LogP contribution is 2.25. The topological polar surface area (TPSA) is 35.2 Å². The monoisotopic (exact) mass is 247 g/mol. The van der Waals surface area contributed by atoms with E-state index in [9.17, 15) is 0 Å². The van der Waals surface area contributed by atoms with E-state index >= 15 is 0 Å². The first-order valence-electron chi connectivity index (χ1n) is 4.93. The molecule has 0 radical (unpaired) electrons. The summed E-state index contributed by atoms with van der Waals surface area (Å²) in [5, 5.41) is 1.21. The molecule has 0 bridgehead atoms. The standard InChI is InChI=1S/C11H15Cl2NO/c1-2-5-15-7-11(14)9-4-3-8(12)6-10(9)13/h3-4,6,11H,2,5,7,14H2,1H3. The van der Waals surface area contributed by atoms with Gasteiger partial charge in [0.1, 0.15) is 0 Å². The molecule has 1 rings (SSSR count). The Bertz CT molecular complexity index is 317. The first-order chi connectivity index (χ1) is 7.15. The quantitative estimate of drug-likeness (QED) is 0.810. The summed E-state index contributed by atoms with van der Waals surface area (Å²) in [5.74, 6) is 0. The van der Waals surface area contributed by atoms with Crippen LogP contribution in [0.15, 0.2) is 18.2 Å². The van der Waals surface area contributed by atoms with E-state index in [1.807, 2.05) is 6.07 Å². The van der Waals surface area contributed by atoms with Gasteiger partial charge in [0.15, 0.2) is 0 Å². The van der Waals surface area contributed by atoms with E-state index in [4.69, 9.17) is 33.7 Å². The molecule has 2 nitrogen and oxygen atoms in total. The first kappa shape index (κ1) is 12.8. The van der Waals surface area contributed by atoms with Crippen molar-refractivity contribution in [2.75, 3.05) is 13.2 Å². The van der Waals surface area contributed by atoms with Gasteiger partial charge in [0, 0.05) is 16.7 Å². The number of benzene rings is 1. The van der Waals surface area contributed by atoms with Gasteiger partial charge >= 0.3 is 0 Å². The van der Waals surface area contributed by atoms with Gasteiger partial charge in [0.2, 0.25) is 0 Å². The predicted molar refractivity (Wildman–Crippen MR) is 64.5 cm³/mol. The van der Waals surface area contributed by atoms with Gasteiger partial charge in [-0.1, -0.05) is 36.2 Å². The van der Waals surface area contributed by atoms with Crippen LogP contribution in [-0.4, -0.2) is 13.2 Å². The molecule has 0 saturated heterocycles. The summed E-state index contributed by atoms with van der Waals surface area (Å²) in [6.45, 7) is 3.26. The molecule has 4 heteroatoms. The average Bonchev–Trinajstić information content (AvgIpc) is 2.17. The second kappa shape index (κ2) is 6.33. The van der Waals surface area contributed by atoms with Crippen LogP contribution >= 0.6 is 23.2 Å². The number of ether oxygens (including phenoxy) is 1. The Kier molecular flexibility index (Phi) is 5.40. The lowest BCUT2D eigenvalue weighted by Gasteiger charge is -2.13. The van der Waals surface area contributed by atoms with Crippen LogP contribution < -0.4 is 5.73 Å². The van der Waals surface area contributed by atoms with Gasteiger partial charge in [-0.3, -0.25) is 0 Å². The second-order valence-electron chi connectivity index (χ2n) is 3.35. The van der Waals surface area contributed by atoms with Gasteiger partial charge in [0.25, 0.3) is 0 Å². The minimum absolute atomic E-state index is 0.193. The molecule has 84 valence electrons. The Morgan fingerprint density at radius 2 is 2.13 bits per heavy atom. The van der Waals surface area contributed by atoms with Gasteiger partial charge < -0.3 is 10.5 Å². The minimum atomic E-state index is -0.193. The average molecular weight is 248 g/mol. The summed E-state index contributed by atoms with van der Waals surface area (Å²) in [7, 11) is 0. The zero-order valence-electron chi connectivity index (χ0n) is 8.67. The summed E-state index contributed by atoms with van der Waals surface area (Å²) in [6.07, 6.45) is 0.987. The zero-order valence-corrected chi connectivity index (χ0v) is 10.2. The highest BCUT2D eigenvalue weighted by atomic mass is 35.5. The molecule has 0 saturated carbocycles. The summed E-state index contributed by atoms with van der Waals surface area (Å²) >= 11 is 11.8. The molecule has 15 heavy (non-hydrogen) atoms. The molecule has 1 aromatic rings. The van der Waals surface area contributed by atoms with Crippen LogP contribution in [0, 0.1) is 0 Å². The highest BCUT2D eigenvalue weighted by Gasteiger charge is 2.10. The van der Waals surface area contributed by atoms with Crippen molar-refractivity contribution in [1.29, 1.82) is 0 Å². The van der Waals surface area contributed by atoms with Crippen molar-refractivity contribution in [1.82, 2.24) is 0 Å². The van der Waals surface area contributed by atoms with E-state index in [0.29, 0.717) is 16.7 Å². The SMILES string of the molecule is CCCOCC(N)c1ccc(Cl)cc1Cl. The van der Waals surface area contributed by atoms with Gasteiger partial charge in [-0.05, 0) is 24.1 Å². The van der Waals surface area contributed by atoms with E-state index in [1.165, 1.54) is 0 Å². The predicted octanol–water partition coefficient (Wildman–Crippen LogP) is 3.42. The van der Waals surface area contributed by atoms with Crippen LogP contribution in [0.25, 0.3) is 0 Å². The molecule has 0 spiro atoms. The highest BCUT2D eigenvalue weighted by molar-refractivity contribution is 6.35. The summed E-state index contributed by atoms with van der Waals surface area (Å²) in [6, 6.07) is 5.12. The number of hydrogen-bond acceptors (Lipinski definition) is 2. The molecule has 2 N–H and O–H groups in total. The van der Waals surface area contributed by atoms with Gasteiger partial charge in [0.05, 0.1) is 12.6 Å². The van der Waals surface area contributed by atoms with Gasteiger partial charge in [-0.15, -0.1) is 0 Å². The molecule has 0 aliphatic carbocycles. The largest absolute Gasteiger partial charge is 0.379 e. The smallest absolute Gasteiger partial charge is 0.0659 e. The Labute approximate surface area is 100 Å². The van der Waals surface area contributed by atoms with Gasteiger partial charge in [-0.25, -0.2) is 0 Å². The molecule has 0 amide bonds. The fraction of sp³-hybridized carbons (Fsp3) is 0.455. The van der Waals surface area contributed by atoms with E-state index in [0.717, 1.165) is 18.6 Å². The van der Waals surface area contributed by atoms with Crippen molar-refractivity contribution in [3.63, 3.8) is 0 Å². The maximum absolute atomic E-state index is 6.02. The molecule has 0 aliphatic rings. The Hall–Kier alpha value is -0.280. The normalized spacial score (nSPS) is 12.8. The van der Waals surface area contributed by atoms with Crippen molar-refractivity contribution in [2.24, 2.45) is 5.73 Å². The second-order valence-corrected chi connectivity index (χ2v) is 4.19. The molecule has 1 atom stereocenters. The Morgan fingerprint density at radius 1 is 1.40 bits per heavy atom. The molecular weight excluding hydrogens is 233 g/mol. The summed E-state index contributed by atoms with van der Waals surface area (Å²) in [5.41, 5.74) is 6.81. The minimum Gasteiger partial charge on any atom is -0.379 e. The molecular formula is C11H15Cl2NO. The molecule has 0 aromatic heterocycles. The number of nitrogens with two attached hydrogens (primary N) is 1. The van der Waals surface area contributed by atoms with Gasteiger partial charge in [-0.2, -0.15) is 0 Å². The van der Waals surface area contributed by atoms with Crippen LogP contribution in [0.4, 0.5) is 0 Å². The molecule has 0 heterocycles. The molecule has 1 aromatic carbocycles. The Morgan fingerprint density at radius 3 is 2.73 bits per heavy atom. The fourth-order valence-electron chi connectivity index (χ4n) is 1.25. The third-order valence-electron chi connectivity index (χ3n) is 2.01. The third kappa shape index (κ3) is 3.99. The maximum atomic E-state index is 6.02. The van der Waals surface area contributed by atoms with Crippen LogP contribution in [0.1, 0.15) is 24.9 Å². The van der Waals surface area contributed by atoms with Crippen molar-refractivity contribution in [3.8, 4) is 0 Å². The van der Waals surface area contributed by atoms with Crippen molar-refractivity contribution < 1.29 is 4.74 Å². The lowest BCUT2D eigenvalue weighted by molar-refractivity contribution is 0.121. The lowest BCUT2D eigenvalue weighted by Crippen LogP contribution is -2.17. The van der Waals surface area contributed by atoms with Crippen LogP contribution in [0.5, 0.6) is 0 Å². The van der Waals surface area contributed by atoms with E-state index < -0.39 is 0 Å². The maximum Gasteiger partial charge on any atom is 0.0659 e. The van der Waals surface area contributed by atoms with E-state index in [2.05, 4.69) is 6.92 Å². The molecule has 0 aliphatic heterocycles. The van der Waals surface area contributed by atoms with Crippen molar-refractivity contribution >= 4 is 23.2 Å². The van der Waals surface area contributed by atoms with Crippen LogP contribution in [0.3, 0.4) is 0 Å². The lowest BCUT2D eigenvalue weighted by atomic mass is 10.1. The number of hydrogen-bond donors (Lipinski definition) is 1. The Balaban J connectivity index is 2.61. The van der Waals surface area contributed by atoms with Crippen LogP contribution in [0.2, 0.25) is 10.0 Å². The number of rotatable bonds is 5. The van der Waals surface area contributed by atoms with Crippen LogP contribution in [-0.2, 0) is 4.74 Å². The number of halogens is 2. The third-order valence-corrected chi connectivity index (χ3v) is 2.57. The fourth-order valence-corrected chi connectivity index (χ4v) is 1.80. The first-order valence-corrected chi connectivity index (χ1v) is 5.69. The molecule has 1 unspecified atom stereocenters. The van der Waals surface area contributed by atoms with E-state index in [-0.39, 0.29) is 6.04 Å². The zero-order chi connectivity index (χ0) is 11.3. The molecule has 0 fully saturated rings. The van der Waals surface area contributed by atoms with Crippen molar-refractivity contribution in [3.05, 3.63) is 33.8 Å². The van der Waals surface area contributed by atoms with E-state index in [1.54, 1.807) is 12.1 Å². The summed E-state index contributed by atoms with van der Waals surface area (Å²) in [4.78, 5) is 0. The summed E-state index contributed by atoms with van der Waals surface area (Å²) < 4.78 is 5.37.